The molecule has 0 bridgehead atoms. The molecule has 0 saturated heterocycles. The van der Waals surface area contributed by atoms with Crippen LogP contribution in [0.3, 0.4) is 0 Å². The molecule has 1 heterocycles. The maximum Gasteiger partial charge on any atom is 0.127 e. The van der Waals surface area contributed by atoms with E-state index in [2.05, 4.69) is 70.2 Å². The normalized spacial score (nSPS) is 12.4. The zero-order valence-corrected chi connectivity index (χ0v) is 14.7. The summed E-state index contributed by atoms with van der Waals surface area (Å²) in [5.74, 6) is 1.05. The smallest absolute Gasteiger partial charge is 0.127 e. The lowest BCUT2D eigenvalue weighted by Gasteiger charge is -2.22. The Morgan fingerprint density at radius 2 is 2.19 bits per heavy atom. The quantitative estimate of drug-likeness (QED) is 0.865. The van der Waals surface area contributed by atoms with Gasteiger partial charge in [0.2, 0.25) is 0 Å². The van der Waals surface area contributed by atoms with E-state index in [4.69, 9.17) is 0 Å². The van der Waals surface area contributed by atoms with Gasteiger partial charge < -0.3 is 14.8 Å². The molecule has 21 heavy (non-hydrogen) atoms. The van der Waals surface area contributed by atoms with Crippen molar-refractivity contribution in [3.63, 3.8) is 0 Å². The first-order chi connectivity index (χ1) is 10.0. The number of rotatable bonds is 6. The van der Waals surface area contributed by atoms with Crippen molar-refractivity contribution in [3.8, 4) is 0 Å². The Hall–Kier alpha value is -1.33. The molecular weight excluding hydrogens is 328 g/mol. The summed E-state index contributed by atoms with van der Waals surface area (Å²) in [6, 6.07) is 6.90. The van der Waals surface area contributed by atoms with E-state index in [0.29, 0.717) is 6.04 Å². The molecule has 1 atom stereocenters. The summed E-state index contributed by atoms with van der Waals surface area (Å²) in [4.78, 5) is 6.58. The van der Waals surface area contributed by atoms with Crippen LogP contribution < -0.4 is 10.2 Å². The number of hydrogen-bond donors (Lipinski definition) is 1. The highest BCUT2D eigenvalue weighted by Crippen LogP contribution is 2.29. The van der Waals surface area contributed by atoms with Crippen molar-refractivity contribution in [2.75, 3.05) is 18.5 Å². The Balaban J connectivity index is 2.15. The summed E-state index contributed by atoms with van der Waals surface area (Å²) in [6.45, 7) is 6.06. The molecule has 114 valence electrons. The zero-order chi connectivity index (χ0) is 15.4. The maximum absolute atomic E-state index is 4.38. The van der Waals surface area contributed by atoms with Crippen LogP contribution in [-0.2, 0) is 13.6 Å². The molecule has 5 heteroatoms. The van der Waals surface area contributed by atoms with E-state index < -0.39 is 0 Å². The van der Waals surface area contributed by atoms with Crippen LogP contribution in [-0.4, -0.2) is 23.1 Å². The molecule has 0 spiro atoms. The van der Waals surface area contributed by atoms with Gasteiger partial charge in [-0.15, -0.1) is 0 Å². The van der Waals surface area contributed by atoms with Crippen LogP contribution in [0.15, 0.2) is 35.1 Å². The largest absolute Gasteiger partial charge is 0.366 e. The predicted molar refractivity (Wildman–Crippen MR) is 91.5 cm³/mol. The van der Waals surface area contributed by atoms with E-state index in [-0.39, 0.29) is 0 Å². The van der Waals surface area contributed by atoms with Gasteiger partial charge >= 0.3 is 0 Å². The number of benzene rings is 1. The summed E-state index contributed by atoms with van der Waals surface area (Å²) < 4.78 is 3.16. The Labute approximate surface area is 135 Å². The van der Waals surface area contributed by atoms with Crippen LogP contribution >= 0.6 is 15.9 Å². The van der Waals surface area contributed by atoms with Gasteiger partial charge in [-0.2, -0.15) is 0 Å². The summed E-state index contributed by atoms with van der Waals surface area (Å²) in [6.07, 6.45) is 3.80. The fourth-order valence-corrected chi connectivity index (χ4v) is 3.07. The van der Waals surface area contributed by atoms with Gasteiger partial charge in [0, 0.05) is 37.0 Å². The van der Waals surface area contributed by atoms with E-state index in [1.54, 1.807) is 0 Å². The Morgan fingerprint density at radius 3 is 2.76 bits per heavy atom. The molecule has 4 nitrogen and oxygen atoms in total. The number of nitrogens with zero attached hydrogens (tertiary/aromatic N) is 3. The molecule has 0 amide bonds. The first-order valence-corrected chi connectivity index (χ1v) is 8.02. The number of aromatic nitrogens is 2. The number of aryl methyl sites for hydroxylation is 1. The molecule has 0 aliphatic heterocycles. The Bertz CT molecular complexity index is 594. The SMILES string of the molecule is CCNC(C)c1ccc(N(C)Cc2nccn2C)c(Br)c1. The Morgan fingerprint density at radius 1 is 1.43 bits per heavy atom. The van der Waals surface area contributed by atoms with Crippen molar-refractivity contribution < 1.29 is 0 Å². The fourth-order valence-electron chi connectivity index (χ4n) is 2.37. The molecule has 1 aromatic carbocycles. The van der Waals surface area contributed by atoms with Gasteiger partial charge in [-0.1, -0.05) is 13.0 Å². The van der Waals surface area contributed by atoms with E-state index in [1.807, 2.05) is 24.0 Å². The van der Waals surface area contributed by atoms with Crippen molar-refractivity contribution >= 4 is 21.6 Å². The van der Waals surface area contributed by atoms with E-state index >= 15 is 0 Å². The summed E-state index contributed by atoms with van der Waals surface area (Å²) in [5.41, 5.74) is 2.46. The average molecular weight is 351 g/mol. The lowest BCUT2D eigenvalue weighted by molar-refractivity contribution is 0.598. The van der Waals surface area contributed by atoms with Crippen molar-refractivity contribution in [2.24, 2.45) is 7.05 Å². The monoisotopic (exact) mass is 350 g/mol. The van der Waals surface area contributed by atoms with E-state index in [9.17, 15) is 0 Å². The number of hydrogen-bond acceptors (Lipinski definition) is 3. The van der Waals surface area contributed by atoms with Crippen molar-refractivity contribution in [2.45, 2.75) is 26.4 Å². The third kappa shape index (κ3) is 3.86. The summed E-state index contributed by atoms with van der Waals surface area (Å²) in [5, 5.41) is 3.43. The highest BCUT2D eigenvalue weighted by Gasteiger charge is 2.11. The highest BCUT2D eigenvalue weighted by molar-refractivity contribution is 9.10. The standard InChI is InChI=1S/C16H23BrN4/c1-5-18-12(2)13-6-7-15(14(17)10-13)21(4)11-16-19-8-9-20(16)3/h6-10,12,18H,5,11H2,1-4H3. The second-order valence-electron chi connectivity index (χ2n) is 5.30. The van der Waals surface area contributed by atoms with Crippen LogP contribution in [0.5, 0.6) is 0 Å². The van der Waals surface area contributed by atoms with Crippen LogP contribution in [0.2, 0.25) is 0 Å². The molecular formula is C16H23BrN4. The number of nitrogens with one attached hydrogen (secondary N) is 1. The number of imidazole rings is 1. The number of anilines is 1. The van der Waals surface area contributed by atoms with Gasteiger partial charge in [-0.25, -0.2) is 4.98 Å². The topological polar surface area (TPSA) is 33.1 Å². The van der Waals surface area contributed by atoms with E-state index in [1.165, 1.54) is 11.3 Å². The minimum Gasteiger partial charge on any atom is -0.366 e. The lowest BCUT2D eigenvalue weighted by Crippen LogP contribution is -2.20. The van der Waals surface area contributed by atoms with Gasteiger partial charge in [0.1, 0.15) is 5.82 Å². The molecule has 0 saturated carbocycles. The van der Waals surface area contributed by atoms with Gasteiger partial charge in [0.15, 0.2) is 0 Å². The molecule has 2 rings (SSSR count). The second kappa shape index (κ2) is 7.09. The Kier molecular flexibility index (Phi) is 5.42. The molecule has 0 aliphatic rings. The average Bonchev–Trinajstić information content (AvgIpc) is 2.84. The first-order valence-electron chi connectivity index (χ1n) is 7.23. The molecule has 1 aromatic heterocycles. The maximum atomic E-state index is 4.38. The van der Waals surface area contributed by atoms with Gasteiger partial charge in [0.05, 0.1) is 12.2 Å². The lowest BCUT2D eigenvalue weighted by atomic mass is 10.1. The van der Waals surface area contributed by atoms with Gasteiger partial charge in [-0.3, -0.25) is 0 Å². The molecule has 0 aliphatic carbocycles. The molecule has 2 aromatic rings. The van der Waals surface area contributed by atoms with Crippen molar-refractivity contribution in [1.82, 2.24) is 14.9 Å². The third-order valence-corrected chi connectivity index (χ3v) is 4.33. The van der Waals surface area contributed by atoms with Gasteiger partial charge in [-0.05, 0) is 47.1 Å². The third-order valence-electron chi connectivity index (χ3n) is 3.69. The van der Waals surface area contributed by atoms with Crippen LogP contribution in [0.25, 0.3) is 0 Å². The summed E-state index contributed by atoms with van der Waals surface area (Å²) >= 11 is 3.69. The predicted octanol–water partition coefficient (Wildman–Crippen LogP) is 3.49. The molecule has 0 fully saturated rings. The van der Waals surface area contributed by atoms with Crippen LogP contribution in [0.1, 0.15) is 31.3 Å². The fraction of sp³-hybridized carbons (Fsp3) is 0.438. The molecule has 0 radical (unpaired) electrons. The molecule has 1 N–H and O–H groups in total. The summed E-state index contributed by atoms with van der Waals surface area (Å²) in [7, 11) is 4.11. The zero-order valence-electron chi connectivity index (χ0n) is 13.1. The van der Waals surface area contributed by atoms with Crippen LogP contribution in [0, 0.1) is 0 Å². The number of halogens is 1. The highest BCUT2D eigenvalue weighted by atomic mass is 79.9. The van der Waals surface area contributed by atoms with Crippen molar-refractivity contribution in [1.29, 1.82) is 0 Å². The first kappa shape index (κ1) is 16.0. The van der Waals surface area contributed by atoms with Gasteiger partial charge in [0.25, 0.3) is 0 Å². The minimum atomic E-state index is 0.361. The van der Waals surface area contributed by atoms with Crippen LogP contribution in [0.4, 0.5) is 5.69 Å². The molecule has 1 unspecified atom stereocenters. The second-order valence-corrected chi connectivity index (χ2v) is 6.15. The van der Waals surface area contributed by atoms with Crippen molar-refractivity contribution in [3.05, 3.63) is 46.5 Å². The van der Waals surface area contributed by atoms with E-state index in [0.717, 1.165) is 23.4 Å². The minimum absolute atomic E-state index is 0.361.